The average molecular weight is 379 g/mol. The van der Waals surface area contributed by atoms with Crippen LogP contribution < -0.4 is 10.2 Å². The van der Waals surface area contributed by atoms with Crippen molar-refractivity contribution >= 4 is 11.5 Å². The Morgan fingerprint density at radius 1 is 1.04 bits per heavy atom. The summed E-state index contributed by atoms with van der Waals surface area (Å²) in [6.07, 6.45) is 7.16. The SMILES string of the molecule is Fc1ccc(CC2CCN(c3c4c(nc5ccnn35)CCNCC4)CC2)cc1. The minimum absolute atomic E-state index is 0.158. The summed E-state index contributed by atoms with van der Waals surface area (Å²) in [6, 6.07) is 8.98. The van der Waals surface area contributed by atoms with Crippen LogP contribution in [0.5, 0.6) is 0 Å². The molecule has 0 spiro atoms. The Hall–Kier alpha value is -2.47. The molecule has 1 N–H and O–H groups in total. The van der Waals surface area contributed by atoms with E-state index in [0.29, 0.717) is 5.92 Å². The molecular weight excluding hydrogens is 353 g/mol. The number of benzene rings is 1. The number of nitrogens with zero attached hydrogens (tertiary/aromatic N) is 4. The first-order valence-electron chi connectivity index (χ1n) is 10.3. The Balaban J connectivity index is 1.37. The molecule has 146 valence electrons. The first-order valence-corrected chi connectivity index (χ1v) is 10.3. The van der Waals surface area contributed by atoms with Gasteiger partial charge in [-0.05, 0) is 55.8 Å². The van der Waals surface area contributed by atoms with Gasteiger partial charge in [0.2, 0.25) is 0 Å². The molecule has 2 aliphatic heterocycles. The van der Waals surface area contributed by atoms with Gasteiger partial charge >= 0.3 is 0 Å². The van der Waals surface area contributed by atoms with Crippen LogP contribution in [0.3, 0.4) is 0 Å². The zero-order valence-electron chi connectivity index (χ0n) is 16.1. The molecule has 5 nitrogen and oxygen atoms in total. The Kier molecular flexibility index (Phi) is 4.72. The molecule has 1 aromatic carbocycles. The molecule has 0 saturated carbocycles. The van der Waals surface area contributed by atoms with Crippen LogP contribution >= 0.6 is 0 Å². The summed E-state index contributed by atoms with van der Waals surface area (Å²) in [6.45, 7) is 4.05. The van der Waals surface area contributed by atoms with Gasteiger partial charge in [0.25, 0.3) is 0 Å². The van der Waals surface area contributed by atoms with Gasteiger partial charge in [-0.15, -0.1) is 0 Å². The number of nitrogens with one attached hydrogen (secondary N) is 1. The van der Waals surface area contributed by atoms with Gasteiger partial charge in [0.15, 0.2) is 5.65 Å². The van der Waals surface area contributed by atoms with Crippen molar-refractivity contribution in [3.05, 3.63) is 59.2 Å². The zero-order chi connectivity index (χ0) is 18.9. The molecule has 0 unspecified atom stereocenters. The lowest BCUT2D eigenvalue weighted by Gasteiger charge is -2.35. The number of hydrogen-bond acceptors (Lipinski definition) is 4. The van der Waals surface area contributed by atoms with E-state index in [-0.39, 0.29) is 5.82 Å². The summed E-state index contributed by atoms with van der Waals surface area (Å²) in [5.41, 5.74) is 4.77. The van der Waals surface area contributed by atoms with Crippen LogP contribution in [0.25, 0.3) is 5.65 Å². The van der Waals surface area contributed by atoms with Gasteiger partial charge in [0, 0.05) is 37.7 Å². The van der Waals surface area contributed by atoms with Gasteiger partial charge in [-0.2, -0.15) is 9.61 Å². The lowest BCUT2D eigenvalue weighted by Crippen LogP contribution is -2.36. The summed E-state index contributed by atoms with van der Waals surface area (Å²) in [4.78, 5) is 7.38. The van der Waals surface area contributed by atoms with Crippen molar-refractivity contribution in [1.82, 2.24) is 19.9 Å². The van der Waals surface area contributed by atoms with Crippen LogP contribution in [0.15, 0.2) is 36.5 Å². The Morgan fingerprint density at radius 3 is 2.64 bits per heavy atom. The van der Waals surface area contributed by atoms with Crippen molar-refractivity contribution in [2.75, 3.05) is 31.1 Å². The molecule has 0 radical (unpaired) electrons. The number of halogens is 1. The van der Waals surface area contributed by atoms with Crippen molar-refractivity contribution in [3.63, 3.8) is 0 Å². The Labute approximate surface area is 164 Å². The average Bonchev–Trinajstić information content (AvgIpc) is 3.05. The first-order chi connectivity index (χ1) is 13.8. The lowest BCUT2D eigenvalue weighted by atomic mass is 9.90. The largest absolute Gasteiger partial charge is 0.356 e. The van der Waals surface area contributed by atoms with E-state index >= 15 is 0 Å². The van der Waals surface area contributed by atoms with Crippen LogP contribution in [0, 0.1) is 11.7 Å². The van der Waals surface area contributed by atoms with Gasteiger partial charge in [-0.1, -0.05) is 12.1 Å². The second-order valence-corrected chi connectivity index (χ2v) is 7.97. The second kappa shape index (κ2) is 7.51. The molecule has 2 aromatic heterocycles. The quantitative estimate of drug-likeness (QED) is 0.760. The third kappa shape index (κ3) is 3.37. The maximum absolute atomic E-state index is 13.1. The van der Waals surface area contributed by atoms with E-state index in [9.17, 15) is 4.39 Å². The van der Waals surface area contributed by atoms with Crippen LogP contribution in [-0.4, -0.2) is 40.8 Å². The summed E-state index contributed by atoms with van der Waals surface area (Å²) >= 11 is 0. The zero-order valence-corrected chi connectivity index (χ0v) is 16.1. The first kappa shape index (κ1) is 17.6. The second-order valence-electron chi connectivity index (χ2n) is 7.97. The van der Waals surface area contributed by atoms with Crippen LogP contribution in [0.1, 0.15) is 29.7 Å². The molecule has 3 aromatic rings. The summed E-state index contributed by atoms with van der Waals surface area (Å²) in [5, 5.41) is 8.08. The van der Waals surface area contributed by atoms with E-state index in [1.165, 1.54) is 22.6 Å². The predicted octanol–water partition coefficient (Wildman–Crippen LogP) is 3.02. The van der Waals surface area contributed by atoms with E-state index in [0.717, 1.165) is 63.9 Å². The van der Waals surface area contributed by atoms with Crippen LogP contribution in [0.2, 0.25) is 0 Å². The fourth-order valence-electron chi connectivity index (χ4n) is 4.64. The maximum Gasteiger partial charge on any atom is 0.157 e. The maximum atomic E-state index is 13.1. The summed E-state index contributed by atoms with van der Waals surface area (Å²) in [7, 11) is 0. The number of fused-ring (bicyclic) bond motifs is 2. The third-order valence-electron chi connectivity index (χ3n) is 6.13. The van der Waals surface area contributed by atoms with Crippen LogP contribution in [0.4, 0.5) is 10.2 Å². The normalized spacial score (nSPS) is 18.2. The molecule has 1 fully saturated rings. The fourth-order valence-corrected chi connectivity index (χ4v) is 4.64. The number of rotatable bonds is 3. The number of anilines is 1. The highest BCUT2D eigenvalue weighted by Gasteiger charge is 2.26. The lowest BCUT2D eigenvalue weighted by molar-refractivity contribution is 0.400. The topological polar surface area (TPSA) is 45.5 Å². The predicted molar refractivity (Wildman–Crippen MR) is 108 cm³/mol. The van der Waals surface area contributed by atoms with Gasteiger partial charge in [-0.3, -0.25) is 0 Å². The number of piperidine rings is 1. The van der Waals surface area contributed by atoms with E-state index in [4.69, 9.17) is 4.98 Å². The summed E-state index contributed by atoms with van der Waals surface area (Å²) in [5.74, 6) is 1.74. The van der Waals surface area contributed by atoms with Crippen molar-refractivity contribution in [2.24, 2.45) is 5.92 Å². The number of aromatic nitrogens is 3. The van der Waals surface area contributed by atoms with E-state index in [1.54, 1.807) is 12.1 Å². The third-order valence-corrected chi connectivity index (χ3v) is 6.13. The number of hydrogen-bond donors (Lipinski definition) is 1. The van der Waals surface area contributed by atoms with Gasteiger partial charge in [-0.25, -0.2) is 9.37 Å². The van der Waals surface area contributed by atoms with Crippen molar-refractivity contribution in [1.29, 1.82) is 0 Å². The molecule has 5 rings (SSSR count). The highest BCUT2D eigenvalue weighted by molar-refractivity contribution is 5.57. The molecule has 0 bridgehead atoms. The van der Waals surface area contributed by atoms with Gasteiger partial charge in [0.1, 0.15) is 11.6 Å². The summed E-state index contributed by atoms with van der Waals surface area (Å²) < 4.78 is 15.2. The molecule has 1 saturated heterocycles. The van der Waals surface area contributed by atoms with Crippen LogP contribution in [-0.2, 0) is 19.3 Å². The van der Waals surface area contributed by atoms with Crippen molar-refractivity contribution < 1.29 is 4.39 Å². The highest BCUT2D eigenvalue weighted by atomic mass is 19.1. The standard InChI is InChI=1S/C22H26FN5/c23-18-3-1-16(2-4-18)15-17-8-13-27(14-9-17)22-19-5-10-24-11-6-20(19)26-21-7-12-25-28(21)22/h1-4,7,12,17,24H,5-6,8-11,13-15H2. The molecule has 4 heterocycles. The van der Waals surface area contributed by atoms with Gasteiger partial charge in [0.05, 0.1) is 11.9 Å². The highest BCUT2D eigenvalue weighted by Crippen LogP contribution is 2.31. The van der Waals surface area contributed by atoms with Crippen molar-refractivity contribution in [3.8, 4) is 0 Å². The molecular formula is C22H26FN5. The fraction of sp³-hybridized carbons (Fsp3) is 0.455. The minimum Gasteiger partial charge on any atom is -0.356 e. The van der Waals surface area contributed by atoms with E-state index < -0.39 is 0 Å². The Bertz CT molecular complexity index is 957. The minimum atomic E-state index is -0.158. The molecule has 2 aliphatic rings. The van der Waals surface area contributed by atoms with Gasteiger partial charge < -0.3 is 10.2 Å². The van der Waals surface area contributed by atoms with E-state index in [2.05, 4.69) is 15.3 Å². The molecule has 0 amide bonds. The van der Waals surface area contributed by atoms with E-state index in [1.807, 2.05) is 28.9 Å². The smallest absolute Gasteiger partial charge is 0.157 e. The molecule has 0 atom stereocenters. The molecule has 0 aliphatic carbocycles. The Morgan fingerprint density at radius 2 is 1.82 bits per heavy atom. The molecule has 28 heavy (non-hydrogen) atoms. The molecule has 6 heteroatoms. The monoisotopic (exact) mass is 379 g/mol. The van der Waals surface area contributed by atoms with Crippen molar-refractivity contribution in [2.45, 2.75) is 32.1 Å².